The van der Waals surface area contributed by atoms with Crippen molar-refractivity contribution in [3.8, 4) is 0 Å². The quantitative estimate of drug-likeness (QED) is 0.620. The third-order valence-corrected chi connectivity index (χ3v) is 2.69. The third-order valence-electron chi connectivity index (χ3n) is 2.69. The van der Waals surface area contributed by atoms with Gasteiger partial charge in [-0.3, -0.25) is 10.1 Å². The van der Waals surface area contributed by atoms with E-state index in [2.05, 4.69) is 0 Å². The Hall–Kier alpha value is -1.69. The van der Waals surface area contributed by atoms with Crippen molar-refractivity contribution in [2.75, 3.05) is 24.6 Å². The first-order valence-corrected chi connectivity index (χ1v) is 4.91. The summed E-state index contributed by atoms with van der Waals surface area (Å²) in [7, 11) is 0. The SMILES string of the molecule is O=[N+]([O-])c1ccc(F)cc1N1CC(CO)C1. The molecule has 0 aliphatic carbocycles. The van der Waals surface area contributed by atoms with Gasteiger partial charge >= 0.3 is 0 Å². The summed E-state index contributed by atoms with van der Waals surface area (Å²) in [4.78, 5) is 11.9. The van der Waals surface area contributed by atoms with Gasteiger partial charge in [-0.2, -0.15) is 0 Å². The standard InChI is InChI=1S/C10H11FN2O3/c11-8-1-2-9(13(15)16)10(3-8)12-4-7(5-12)6-14/h1-3,7,14H,4-6H2. The predicted molar refractivity (Wildman–Crippen MR) is 55.8 cm³/mol. The van der Waals surface area contributed by atoms with Crippen LogP contribution in [0.15, 0.2) is 18.2 Å². The Labute approximate surface area is 91.3 Å². The van der Waals surface area contributed by atoms with Crippen molar-refractivity contribution in [1.29, 1.82) is 0 Å². The Balaban J connectivity index is 2.25. The third kappa shape index (κ3) is 1.83. The molecule has 86 valence electrons. The summed E-state index contributed by atoms with van der Waals surface area (Å²) in [6.07, 6.45) is 0. The Morgan fingerprint density at radius 2 is 2.25 bits per heavy atom. The van der Waals surface area contributed by atoms with Gasteiger partial charge in [0, 0.05) is 37.7 Å². The van der Waals surface area contributed by atoms with E-state index in [9.17, 15) is 14.5 Å². The van der Waals surface area contributed by atoms with Gasteiger partial charge in [0.1, 0.15) is 11.5 Å². The Morgan fingerprint density at radius 3 is 2.81 bits per heavy atom. The lowest BCUT2D eigenvalue weighted by atomic mass is 10.00. The van der Waals surface area contributed by atoms with Crippen LogP contribution in [0, 0.1) is 21.8 Å². The number of nitro groups is 1. The van der Waals surface area contributed by atoms with Crippen LogP contribution in [0.5, 0.6) is 0 Å². The first kappa shape index (κ1) is 10.8. The van der Waals surface area contributed by atoms with Crippen molar-refractivity contribution in [1.82, 2.24) is 0 Å². The van der Waals surface area contributed by atoms with Crippen LogP contribution in [0.3, 0.4) is 0 Å². The minimum Gasteiger partial charge on any atom is -0.396 e. The molecule has 1 fully saturated rings. The summed E-state index contributed by atoms with van der Waals surface area (Å²) < 4.78 is 13.0. The van der Waals surface area contributed by atoms with Crippen molar-refractivity contribution < 1.29 is 14.4 Å². The highest BCUT2D eigenvalue weighted by Gasteiger charge is 2.30. The molecular formula is C10H11FN2O3. The number of anilines is 1. The molecule has 1 heterocycles. The highest BCUT2D eigenvalue weighted by atomic mass is 19.1. The molecule has 1 N–H and O–H groups in total. The van der Waals surface area contributed by atoms with E-state index < -0.39 is 10.7 Å². The Bertz CT molecular complexity index is 419. The van der Waals surface area contributed by atoms with E-state index in [0.717, 1.165) is 18.2 Å². The van der Waals surface area contributed by atoms with Gasteiger partial charge < -0.3 is 10.0 Å². The molecule has 1 aliphatic heterocycles. The van der Waals surface area contributed by atoms with Crippen molar-refractivity contribution in [3.05, 3.63) is 34.1 Å². The molecule has 2 rings (SSSR count). The minimum absolute atomic E-state index is 0.0552. The molecule has 1 aromatic rings. The van der Waals surface area contributed by atoms with Crippen LogP contribution in [-0.4, -0.2) is 29.7 Å². The molecule has 0 unspecified atom stereocenters. The van der Waals surface area contributed by atoms with Gasteiger partial charge in [-0.05, 0) is 6.07 Å². The largest absolute Gasteiger partial charge is 0.396 e. The average molecular weight is 226 g/mol. The number of hydrogen-bond donors (Lipinski definition) is 1. The van der Waals surface area contributed by atoms with Gasteiger partial charge in [0.15, 0.2) is 0 Å². The molecule has 0 spiro atoms. The zero-order valence-corrected chi connectivity index (χ0v) is 8.47. The van der Waals surface area contributed by atoms with Gasteiger partial charge in [-0.15, -0.1) is 0 Å². The van der Waals surface area contributed by atoms with E-state index in [0.29, 0.717) is 13.1 Å². The lowest BCUT2D eigenvalue weighted by Gasteiger charge is -2.39. The molecule has 1 aromatic carbocycles. The fourth-order valence-corrected chi connectivity index (χ4v) is 1.79. The molecule has 1 aliphatic rings. The Kier molecular flexibility index (Phi) is 2.74. The zero-order chi connectivity index (χ0) is 11.7. The second-order valence-corrected chi connectivity index (χ2v) is 3.84. The topological polar surface area (TPSA) is 66.6 Å². The molecule has 16 heavy (non-hydrogen) atoms. The molecular weight excluding hydrogens is 215 g/mol. The number of halogens is 1. The Morgan fingerprint density at radius 1 is 1.56 bits per heavy atom. The molecule has 0 saturated carbocycles. The van der Waals surface area contributed by atoms with Gasteiger partial charge in [0.25, 0.3) is 5.69 Å². The second kappa shape index (κ2) is 4.05. The second-order valence-electron chi connectivity index (χ2n) is 3.84. The van der Waals surface area contributed by atoms with Gasteiger partial charge in [0.05, 0.1) is 4.92 Å². The lowest BCUT2D eigenvalue weighted by molar-refractivity contribution is -0.384. The molecule has 1 saturated heterocycles. The highest BCUT2D eigenvalue weighted by molar-refractivity contribution is 5.64. The maximum Gasteiger partial charge on any atom is 0.292 e. The summed E-state index contributed by atoms with van der Waals surface area (Å²) in [6.45, 7) is 1.11. The predicted octanol–water partition coefficient (Wildman–Crippen LogP) is 1.16. The number of aliphatic hydroxyl groups excluding tert-OH is 1. The first-order valence-electron chi connectivity index (χ1n) is 4.91. The molecule has 6 heteroatoms. The molecule has 0 aromatic heterocycles. The van der Waals surface area contributed by atoms with Gasteiger partial charge in [0.2, 0.25) is 0 Å². The lowest BCUT2D eigenvalue weighted by Crippen LogP contribution is -2.48. The zero-order valence-electron chi connectivity index (χ0n) is 8.47. The van der Waals surface area contributed by atoms with Crippen LogP contribution in [0.4, 0.5) is 15.8 Å². The molecule has 0 amide bonds. The average Bonchev–Trinajstić information content (AvgIpc) is 2.15. The summed E-state index contributed by atoms with van der Waals surface area (Å²) >= 11 is 0. The van der Waals surface area contributed by atoms with Crippen molar-refractivity contribution in [3.63, 3.8) is 0 Å². The molecule has 0 radical (unpaired) electrons. The number of aliphatic hydroxyl groups is 1. The van der Waals surface area contributed by atoms with E-state index in [1.165, 1.54) is 0 Å². The molecule has 5 nitrogen and oxygen atoms in total. The number of hydrogen-bond acceptors (Lipinski definition) is 4. The summed E-state index contributed by atoms with van der Waals surface area (Å²) in [5.74, 6) is -0.365. The van der Waals surface area contributed by atoms with Gasteiger partial charge in [-0.1, -0.05) is 0 Å². The van der Waals surface area contributed by atoms with E-state index in [-0.39, 0.29) is 23.9 Å². The number of nitro benzene ring substituents is 1. The maximum absolute atomic E-state index is 13.0. The maximum atomic E-state index is 13.0. The summed E-state index contributed by atoms with van der Waals surface area (Å²) in [5.41, 5.74) is 0.187. The summed E-state index contributed by atoms with van der Waals surface area (Å²) in [5, 5.41) is 19.6. The minimum atomic E-state index is -0.527. The van der Waals surface area contributed by atoms with Crippen LogP contribution < -0.4 is 4.90 Å². The van der Waals surface area contributed by atoms with Crippen LogP contribution in [0.25, 0.3) is 0 Å². The molecule has 0 atom stereocenters. The van der Waals surface area contributed by atoms with Crippen LogP contribution in [0.1, 0.15) is 0 Å². The number of nitrogens with zero attached hydrogens (tertiary/aromatic N) is 2. The van der Waals surface area contributed by atoms with E-state index in [1.807, 2.05) is 0 Å². The number of benzene rings is 1. The normalized spacial score (nSPS) is 16.0. The van der Waals surface area contributed by atoms with E-state index >= 15 is 0 Å². The van der Waals surface area contributed by atoms with Crippen molar-refractivity contribution >= 4 is 11.4 Å². The monoisotopic (exact) mass is 226 g/mol. The van der Waals surface area contributed by atoms with Crippen LogP contribution >= 0.6 is 0 Å². The fourth-order valence-electron chi connectivity index (χ4n) is 1.79. The molecule has 0 bridgehead atoms. The highest BCUT2D eigenvalue weighted by Crippen LogP contribution is 2.33. The smallest absolute Gasteiger partial charge is 0.292 e. The van der Waals surface area contributed by atoms with Crippen molar-refractivity contribution in [2.45, 2.75) is 0 Å². The van der Waals surface area contributed by atoms with Crippen LogP contribution in [-0.2, 0) is 0 Å². The van der Waals surface area contributed by atoms with Crippen LogP contribution in [0.2, 0.25) is 0 Å². The van der Waals surface area contributed by atoms with E-state index in [1.54, 1.807) is 4.90 Å². The van der Waals surface area contributed by atoms with Crippen molar-refractivity contribution in [2.24, 2.45) is 5.92 Å². The number of rotatable bonds is 3. The fraction of sp³-hybridized carbons (Fsp3) is 0.400. The van der Waals surface area contributed by atoms with Gasteiger partial charge in [-0.25, -0.2) is 4.39 Å². The first-order chi connectivity index (χ1) is 7.61. The summed E-state index contributed by atoms with van der Waals surface area (Å²) in [6, 6.07) is 3.40. The van der Waals surface area contributed by atoms with E-state index in [4.69, 9.17) is 5.11 Å².